The molecule has 0 unspecified atom stereocenters. The molecule has 0 N–H and O–H groups in total. The molecule has 0 spiro atoms. The summed E-state index contributed by atoms with van der Waals surface area (Å²) in [7, 11) is 1.62. The molecule has 156 valence electrons. The molecule has 3 rings (SSSR count). The minimum Gasteiger partial charge on any atom is -0.491 e. The smallest absolute Gasteiger partial charge is 0.185 e. The minimum atomic E-state index is -0.0944. The van der Waals surface area contributed by atoms with Crippen LogP contribution in [0.4, 0.5) is 0 Å². The number of nitrogens with zero attached hydrogens (tertiary/aromatic N) is 1. The summed E-state index contributed by atoms with van der Waals surface area (Å²) in [4.78, 5) is 12.4. The summed E-state index contributed by atoms with van der Waals surface area (Å²) < 4.78 is 16.3. The van der Waals surface area contributed by atoms with Crippen molar-refractivity contribution in [3.05, 3.63) is 101 Å². The van der Waals surface area contributed by atoms with Crippen molar-refractivity contribution in [3.63, 3.8) is 0 Å². The van der Waals surface area contributed by atoms with Gasteiger partial charge in [-0.05, 0) is 65.7 Å². The van der Waals surface area contributed by atoms with Gasteiger partial charge in [0.25, 0.3) is 0 Å². The van der Waals surface area contributed by atoms with Crippen molar-refractivity contribution >= 4 is 11.9 Å². The predicted octanol–water partition coefficient (Wildman–Crippen LogP) is 5.06. The number of ether oxygens (including phenoxy) is 3. The van der Waals surface area contributed by atoms with E-state index < -0.39 is 0 Å². The van der Waals surface area contributed by atoms with Crippen molar-refractivity contribution < 1.29 is 19.0 Å². The van der Waals surface area contributed by atoms with Crippen LogP contribution < -0.4 is 9.47 Å². The van der Waals surface area contributed by atoms with Gasteiger partial charge in [-0.2, -0.15) is 5.26 Å². The van der Waals surface area contributed by atoms with Crippen molar-refractivity contribution in [1.82, 2.24) is 0 Å². The van der Waals surface area contributed by atoms with Crippen LogP contribution in [-0.4, -0.2) is 26.1 Å². The molecule has 0 aliphatic carbocycles. The molecule has 0 saturated carbocycles. The Morgan fingerprint density at radius 3 is 2.52 bits per heavy atom. The number of carbonyl (C=O) groups excluding carboxylic acids is 1. The number of methoxy groups -OCH3 is 1. The maximum atomic E-state index is 12.4. The first-order valence-electron chi connectivity index (χ1n) is 9.84. The monoisotopic (exact) mass is 413 g/mol. The Morgan fingerprint density at radius 1 is 0.935 bits per heavy atom. The second-order valence-corrected chi connectivity index (χ2v) is 6.74. The topological polar surface area (TPSA) is 68.6 Å². The Labute approximate surface area is 182 Å². The van der Waals surface area contributed by atoms with Crippen LogP contribution in [-0.2, 0) is 11.3 Å². The van der Waals surface area contributed by atoms with E-state index in [0.717, 1.165) is 11.1 Å². The molecule has 0 aliphatic rings. The second-order valence-electron chi connectivity index (χ2n) is 6.74. The van der Waals surface area contributed by atoms with Gasteiger partial charge in [-0.25, -0.2) is 0 Å². The minimum absolute atomic E-state index is 0.0944. The number of carbonyl (C=O) groups is 1. The highest BCUT2D eigenvalue weighted by Crippen LogP contribution is 2.18. The zero-order chi connectivity index (χ0) is 21.9. The molecule has 0 heterocycles. The Balaban J connectivity index is 1.58. The van der Waals surface area contributed by atoms with Crippen LogP contribution in [0.25, 0.3) is 6.08 Å². The van der Waals surface area contributed by atoms with Gasteiger partial charge in [0.2, 0.25) is 0 Å². The zero-order valence-corrected chi connectivity index (χ0v) is 17.3. The number of rotatable bonds is 10. The van der Waals surface area contributed by atoms with E-state index >= 15 is 0 Å². The third-order valence-electron chi connectivity index (χ3n) is 4.44. The van der Waals surface area contributed by atoms with Gasteiger partial charge in [0.15, 0.2) is 5.78 Å². The van der Waals surface area contributed by atoms with Gasteiger partial charge >= 0.3 is 0 Å². The molecule has 0 radical (unpaired) electrons. The third kappa shape index (κ3) is 6.84. The molecule has 0 aromatic heterocycles. The van der Waals surface area contributed by atoms with E-state index in [2.05, 4.69) is 6.07 Å². The Kier molecular flexibility index (Phi) is 7.98. The zero-order valence-electron chi connectivity index (χ0n) is 17.3. The average molecular weight is 413 g/mol. The van der Waals surface area contributed by atoms with Crippen LogP contribution in [0.5, 0.6) is 11.5 Å². The largest absolute Gasteiger partial charge is 0.491 e. The highest BCUT2D eigenvalue weighted by atomic mass is 16.5. The summed E-state index contributed by atoms with van der Waals surface area (Å²) >= 11 is 0. The molecule has 0 fully saturated rings. The summed E-state index contributed by atoms with van der Waals surface area (Å²) in [6, 6.07) is 23.9. The number of nitriles is 1. The van der Waals surface area contributed by atoms with Gasteiger partial charge in [-0.1, -0.05) is 30.3 Å². The van der Waals surface area contributed by atoms with Gasteiger partial charge in [0.05, 0.1) is 18.2 Å². The molecule has 5 nitrogen and oxygen atoms in total. The maximum absolute atomic E-state index is 12.4. The Bertz CT molecular complexity index is 1080. The van der Waals surface area contributed by atoms with Gasteiger partial charge in [-0.15, -0.1) is 0 Å². The van der Waals surface area contributed by atoms with E-state index in [-0.39, 0.29) is 5.78 Å². The third-order valence-corrected chi connectivity index (χ3v) is 4.44. The number of benzene rings is 3. The van der Waals surface area contributed by atoms with E-state index in [1.807, 2.05) is 36.4 Å². The first-order chi connectivity index (χ1) is 15.2. The molecule has 0 amide bonds. The summed E-state index contributed by atoms with van der Waals surface area (Å²) in [5.74, 6) is 1.29. The number of hydrogen-bond acceptors (Lipinski definition) is 5. The Morgan fingerprint density at radius 2 is 1.74 bits per heavy atom. The summed E-state index contributed by atoms with van der Waals surface area (Å²) in [6.45, 7) is 1.34. The lowest BCUT2D eigenvalue weighted by Crippen LogP contribution is -2.04. The van der Waals surface area contributed by atoms with E-state index in [0.29, 0.717) is 42.4 Å². The molecule has 31 heavy (non-hydrogen) atoms. The fourth-order valence-electron chi connectivity index (χ4n) is 2.83. The lowest BCUT2D eigenvalue weighted by molar-refractivity contribution is 0.104. The summed E-state index contributed by atoms with van der Waals surface area (Å²) in [6.07, 6.45) is 3.30. The van der Waals surface area contributed by atoms with Crippen molar-refractivity contribution in [2.75, 3.05) is 20.3 Å². The molecular weight excluding hydrogens is 390 g/mol. The number of ketones is 1. The van der Waals surface area contributed by atoms with Crippen LogP contribution >= 0.6 is 0 Å². The van der Waals surface area contributed by atoms with Crippen LogP contribution in [0, 0.1) is 11.3 Å². The fourth-order valence-corrected chi connectivity index (χ4v) is 2.83. The van der Waals surface area contributed by atoms with Crippen LogP contribution in [0.2, 0.25) is 0 Å². The highest BCUT2D eigenvalue weighted by Gasteiger charge is 2.03. The van der Waals surface area contributed by atoms with E-state index in [4.69, 9.17) is 19.5 Å². The van der Waals surface area contributed by atoms with Crippen molar-refractivity contribution in [1.29, 1.82) is 5.26 Å². The highest BCUT2D eigenvalue weighted by molar-refractivity contribution is 6.06. The first kappa shape index (κ1) is 21.8. The molecule has 0 atom stereocenters. The molecule has 3 aromatic rings. The van der Waals surface area contributed by atoms with Gasteiger partial charge in [0, 0.05) is 12.7 Å². The van der Waals surface area contributed by atoms with E-state index in [1.165, 1.54) is 6.08 Å². The summed E-state index contributed by atoms with van der Waals surface area (Å²) in [5, 5.41) is 8.99. The van der Waals surface area contributed by atoms with Gasteiger partial charge in [0.1, 0.15) is 24.7 Å². The quantitative estimate of drug-likeness (QED) is 0.264. The number of hydrogen-bond donors (Lipinski definition) is 0. The standard InChI is InChI=1S/C26H23NO4/c1-29-14-15-30-24-11-9-23(10-12-24)26(28)13-8-20-4-3-7-25(17-20)31-19-22-6-2-5-21(16-22)18-27/h2-13,16-17H,14-15,19H2,1H3/b13-8+. The van der Waals surface area contributed by atoms with Gasteiger partial charge < -0.3 is 14.2 Å². The molecule has 0 bridgehead atoms. The lowest BCUT2D eigenvalue weighted by Gasteiger charge is -2.07. The van der Waals surface area contributed by atoms with E-state index in [1.54, 1.807) is 49.6 Å². The molecule has 5 heteroatoms. The van der Waals surface area contributed by atoms with Crippen LogP contribution in [0.3, 0.4) is 0 Å². The SMILES string of the molecule is COCCOc1ccc(C(=O)/C=C/c2cccc(OCc3cccc(C#N)c3)c2)cc1. The molecule has 3 aromatic carbocycles. The number of allylic oxidation sites excluding steroid dienone is 1. The van der Waals surface area contributed by atoms with E-state index in [9.17, 15) is 4.79 Å². The predicted molar refractivity (Wildman–Crippen MR) is 119 cm³/mol. The average Bonchev–Trinajstić information content (AvgIpc) is 2.82. The van der Waals surface area contributed by atoms with Crippen molar-refractivity contribution in [2.24, 2.45) is 0 Å². The summed E-state index contributed by atoms with van der Waals surface area (Å²) in [5.41, 5.74) is 2.96. The van der Waals surface area contributed by atoms with Crippen LogP contribution in [0.1, 0.15) is 27.0 Å². The van der Waals surface area contributed by atoms with Gasteiger partial charge in [-0.3, -0.25) is 4.79 Å². The fraction of sp³-hybridized carbons (Fsp3) is 0.154. The lowest BCUT2D eigenvalue weighted by atomic mass is 10.1. The maximum Gasteiger partial charge on any atom is 0.185 e. The first-order valence-corrected chi connectivity index (χ1v) is 9.84. The van der Waals surface area contributed by atoms with Crippen molar-refractivity contribution in [2.45, 2.75) is 6.61 Å². The second kappa shape index (κ2) is 11.3. The normalized spacial score (nSPS) is 10.6. The Hall–Kier alpha value is -3.88. The molecule has 0 saturated heterocycles. The molecule has 0 aliphatic heterocycles. The van der Waals surface area contributed by atoms with Crippen molar-refractivity contribution in [3.8, 4) is 17.6 Å². The van der Waals surface area contributed by atoms with Crippen LogP contribution in [0.15, 0.2) is 78.9 Å². The molecular formula is C26H23NO4.